The lowest BCUT2D eigenvalue weighted by molar-refractivity contribution is -0.171. The fourth-order valence-corrected chi connectivity index (χ4v) is 2.67. The van der Waals surface area contributed by atoms with Crippen molar-refractivity contribution in [3.8, 4) is 0 Å². The summed E-state index contributed by atoms with van der Waals surface area (Å²) in [7, 11) is 0. The fourth-order valence-electron chi connectivity index (χ4n) is 2.67. The second-order valence-corrected chi connectivity index (χ2v) is 4.45. The summed E-state index contributed by atoms with van der Waals surface area (Å²) in [6, 6.07) is -0.643. The van der Waals surface area contributed by atoms with E-state index < -0.39 is 36.7 Å². The van der Waals surface area contributed by atoms with Gasteiger partial charge in [0.05, 0.1) is 30.5 Å². The van der Waals surface area contributed by atoms with Crippen LogP contribution in [-0.4, -0.2) is 75.2 Å². The first kappa shape index (κ1) is 12.2. The van der Waals surface area contributed by atoms with Gasteiger partial charge < -0.3 is 25.2 Å². The molecule has 0 bridgehead atoms. The number of nitrogens with zero attached hydrogens (tertiary/aromatic N) is 1. The van der Waals surface area contributed by atoms with Gasteiger partial charge >= 0.3 is 0 Å². The Morgan fingerprint density at radius 3 is 2.50 bits per heavy atom. The van der Waals surface area contributed by atoms with Gasteiger partial charge in [0.15, 0.2) is 0 Å². The third-order valence-corrected chi connectivity index (χ3v) is 3.46. The van der Waals surface area contributed by atoms with E-state index in [9.17, 15) is 20.4 Å². The molecule has 2 aliphatic heterocycles. The number of aliphatic hydroxyl groups is 4. The van der Waals surface area contributed by atoms with Gasteiger partial charge in [0.25, 0.3) is 0 Å². The Balaban J connectivity index is 2.14. The molecule has 6 atom stereocenters. The molecule has 4 N–H and O–H groups in total. The van der Waals surface area contributed by atoms with Gasteiger partial charge in [-0.1, -0.05) is 0 Å². The predicted octanol–water partition coefficient (Wildman–Crippen LogP) is -2.12. The minimum Gasteiger partial charge on any atom is -0.389 e. The first-order valence-corrected chi connectivity index (χ1v) is 5.65. The molecule has 0 aromatic carbocycles. The van der Waals surface area contributed by atoms with E-state index >= 15 is 0 Å². The maximum atomic E-state index is 10.0. The molecule has 16 heavy (non-hydrogen) atoms. The van der Waals surface area contributed by atoms with Crippen LogP contribution in [0.25, 0.3) is 0 Å². The minimum absolute atomic E-state index is 0.183. The number of aliphatic hydroxyl groups excluding tert-OH is 4. The van der Waals surface area contributed by atoms with Crippen LogP contribution in [0.3, 0.4) is 0 Å². The average Bonchev–Trinajstić information content (AvgIpc) is 2.53. The van der Waals surface area contributed by atoms with Crippen molar-refractivity contribution in [1.82, 2.24) is 4.90 Å². The van der Waals surface area contributed by atoms with Crippen molar-refractivity contribution < 1.29 is 25.2 Å². The molecule has 0 saturated carbocycles. The number of piperidine rings is 1. The molecular formula is C10H19NO5. The van der Waals surface area contributed by atoms with Crippen LogP contribution in [0, 0.1) is 0 Å². The number of fused-ring (bicyclic) bond motifs is 1. The van der Waals surface area contributed by atoms with Crippen molar-refractivity contribution in [2.45, 2.75) is 50.0 Å². The molecule has 2 saturated heterocycles. The zero-order valence-corrected chi connectivity index (χ0v) is 9.23. The highest BCUT2D eigenvalue weighted by Crippen LogP contribution is 2.32. The van der Waals surface area contributed by atoms with E-state index in [0.29, 0.717) is 13.0 Å². The van der Waals surface area contributed by atoms with Crippen LogP contribution in [0.15, 0.2) is 0 Å². The third-order valence-electron chi connectivity index (χ3n) is 3.46. The zero-order valence-electron chi connectivity index (χ0n) is 9.23. The Kier molecular flexibility index (Phi) is 3.48. The standard InChI is InChI=1S/C10H19NO5/c1-2-16-6-3-7(13)11-4-5(12)9(14)8(11)10(6)15/h5-10,12-15H,2-4H2,1H3/t5-,6?,7?,8?,9-,10+/m1/s1. The SMILES string of the molecule is CCOC1CC(O)N2C[C@@H](O)[C@@H](O)C2[C@H]1O. The monoisotopic (exact) mass is 233 g/mol. The van der Waals surface area contributed by atoms with Crippen LogP contribution >= 0.6 is 0 Å². The van der Waals surface area contributed by atoms with Gasteiger partial charge in [-0.3, -0.25) is 4.90 Å². The molecule has 2 aliphatic rings. The van der Waals surface area contributed by atoms with E-state index in [1.807, 2.05) is 6.92 Å². The first-order chi connectivity index (χ1) is 7.56. The lowest BCUT2D eigenvalue weighted by Crippen LogP contribution is -2.59. The summed E-state index contributed by atoms with van der Waals surface area (Å²) in [5.41, 5.74) is 0. The first-order valence-electron chi connectivity index (χ1n) is 5.65. The van der Waals surface area contributed by atoms with Crippen molar-refractivity contribution in [3.05, 3.63) is 0 Å². The molecule has 0 spiro atoms. The summed E-state index contributed by atoms with van der Waals surface area (Å²) >= 11 is 0. The molecule has 2 fully saturated rings. The van der Waals surface area contributed by atoms with Crippen molar-refractivity contribution in [3.63, 3.8) is 0 Å². The maximum absolute atomic E-state index is 10.0. The van der Waals surface area contributed by atoms with Gasteiger partial charge in [-0.05, 0) is 6.92 Å². The van der Waals surface area contributed by atoms with E-state index in [-0.39, 0.29) is 6.54 Å². The maximum Gasteiger partial charge on any atom is 0.110 e. The average molecular weight is 233 g/mol. The van der Waals surface area contributed by atoms with Gasteiger partial charge in [-0.25, -0.2) is 0 Å². The van der Waals surface area contributed by atoms with Gasteiger partial charge in [0, 0.05) is 19.6 Å². The van der Waals surface area contributed by atoms with Crippen LogP contribution < -0.4 is 0 Å². The van der Waals surface area contributed by atoms with E-state index in [1.54, 1.807) is 0 Å². The van der Waals surface area contributed by atoms with E-state index in [4.69, 9.17) is 4.74 Å². The Hall–Kier alpha value is -0.240. The zero-order chi connectivity index (χ0) is 11.9. The van der Waals surface area contributed by atoms with Crippen molar-refractivity contribution in [1.29, 1.82) is 0 Å². The van der Waals surface area contributed by atoms with Crippen molar-refractivity contribution >= 4 is 0 Å². The molecule has 94 valence electrons. The molecule has 6 nitrogen and oxygen atoms in total. The number of rotatable bonds is 2. The minimum atomic E-state index is -1.03. The highest BCUT2D eigenvalue weighted by atomic mass is 16.5. The number of ether oxygens (including phenoxy) is 1. The van der Waals surface area contributed by atoms with Crippen molar-refractivity contribution in [2.75, 3.05) is 13.2 Å². The lowest BCUT2D eigenvalue weighted by Gasteiger charge is -2.42. The van der Waals surface area contributed by atoms with E-state index in [1.165, 1.54) is 4.90 Å². The summed E-state index contributed by atoms with van der Waals surface area (Å²) in [4.78, 5) is 1.54. The van der Waals surface area contributed by atoms with E-state index in [2.05, 4.69) is 0 Å². The highest BCUT2D eigenvalue weighted by molar-refractivity contribution is 5.03. The molecule has 3 unspecified atom stereocenters. The van der Waals surface area contributed by atoms with Gasteiger partial charge in [0.1, 0.15) is 6.23 Å². The predicted molar refractivity (Wildman–Crippen MR) is 54.6 cm³/mol. The normalized spacial score (nSPS) is 49.3. The topological polar surface area (TPSA) is 93.4 Å². The van der Waals surface area contributed by atoms with Gasteiger partial charge in [-0.15, -0.1) is 0 Å². The molecule has 0 radical (unpaired) electrons. The molecule has 6 heteroatoms. The van der Waals surface area contributed by atoms with Crippen LogP contribution in [-0.2, 0) is 4.74 Å². The van der Waals surface area contributed by atoms with Crippen molar-refractivity contribution in [2.24, 2.45) is 0 Å². The summed E-state index contributed by atoms with van der Waals surface area (Å²) in [5, 5.41) is 39.1. The Bertz CT molecular complexity index is 251. The molecular weight excluding hydrogens is 214 g/mol. The van der Waals surface area contributed by atoms with Gasteiger partial charge in [0.2, 0.25) is 0 Å². The lowest BCUT2D eigenvalue weighted by atomic mass is 9.93. The molecule has 2 heterocycles. The Labute approximate surface area is 94.1 Å². The summed E-state index contributed by atoms with van der Waals surface area (Å²) in [6.45, 7) is 2.44. The molecule has 0 aromatic heterocycles. The fraction of sp³-hybridized carbons (Fsp3) is 1.00. The number of hydrogen-bond donors (Lipinski definition) is 4. The largest absolute Gasteiger partial charge is 0.389 e. The highest BCUT2D eigenvalue weighted by Gasteiger charge is 2.52. The van der Waals surface area contributed by atoms with Crippen LogP contribution in [0.2, 0.25) is 0 Å². The second-order valence-electron chi connectivity index (χ2n) is 4.45. The number of hydrogen-bond acceptors (Lipinski definition) is 6. The Morgan fingerprint density at radius 1 is 1.19 bits per heavy atom. The smallest absolute Gasteiger partial charge is 0.110 e. The summed E-state index contributed by atoms with van der Waals surface area (Å²) in [5.74, 6) is 0. The molecule has 0 aliphatic carbocycles. The molecule has 0 amide bonds. The summed E-state index contributed by atoms with van der Waals surface area (Å²) in [6.07, 6.45) is -3.80. The van der Waals surface area contributed by atoms with Crippen LogP contribution in [0.4, 0.5) is 0 Å². The van der Waals surface area contributed by atoms with Crippen LogP contribution in [0.5, 0.6) is 0 Å². The molecule has 2 rings (SSSR count). The third kappa shape index (κ3) is 1.85. The Morgan fingerprint density at radius 2 is 1.88 bits per heavy atom. The summed E-state index contributed by atoms with van der Waals surface area (Å²) < 4.78 is 5.33. The van der Waals surface area contributed by atoms with Gasteiger partial charge in [-0.2, -0.15) is 0 Å². The van der Waals surface area contributed by atoms with E-state index in [0.717, 1.165) is 0 Å². The van der Waals surface area contributed by atoms with Crippen LogP contribution in [0.1, 0.15) is 13.3 Å². The quantitative estimate of drug-likeness (QED) is 0.436. The second kappa shape index (κ2) is 4.56. The molecule has 0 aromatic rings.